The zero-order valence-corrected chi connectivity index (χ0v) is 16.1. The van der Waals surface area contributed by atoms with Gasteiger partial charge in [0.05, 0.1) is 25.2 Å². The van der Waals surface area contributed by atoms with E-state index in [0.29, 0.717) is 0 Å². The summed E-state index contributed by atoms with van der Waals surface area (Å²) in [6, 6.07) is 0. The number of carbonyl (C=O) groups is 2. The first kappa shape index (κ1) is 31.5. The Bertz CT molecular complexity index is 385. The van der Waals surface area contributed by atoms with Gasteiger partial charge in [-0.2, -0.15) is 0 Å². The Kier molecular flexibility index (Phi) is 18.3. The number of carboxylic acid groups (broad SMARTS) is 2. The van der Waals surface area contributed by atoms with Crippen molar-refractivity contribution < 1.29 is 70.9 Å². The SMILES string of the molecule is O=C([O-])[C@H](O)[C@@H](O)[C@@H](O)[C@H](O)CO.O=C([O-])[C@H](O)[C@@H](O)[C@@H](O)[C@H](O)CO.[Ca+2]. The number of aliphatic hydroxyl groups is 10. The van der Waals surface area contributed by atoms with Crippen LogP contribution in [-0.2, 0) is 9.59 Å². The van der Waals surface area contributed by atoms with Crippen molar-refractivity contribution in [3.63, 3.8) is 0 Å². The number of carboxylic acids is 2. The van der Waals surface area contributed by atoms with E-state index in [4.69, 9.17) is 51.1 Å². The molecule has 0 radical (unpaired) electrons. The summed E-state index contributed by atoms with van der Waals surface area (Å²) < 4.78 is 0. The number of aliphatic hydroxyl groups excluding tert-OH is 10. The van der Waals surface area contributed by atoms with Gasteiger partial charge in [-0.1, -0.05) is 0 Å². The Morgan fingerprint density at radius 1 is 0.593 bits per heavy atom. The van der Waals surface area contributed by atoms with Crippen molar-refractivity contribution >= 4 is 49.7 Å². The summed E-state index contributed by atoms with van der Waals surface area (Å²) in [5, 5.41) is 107. The van der Waals surface area contributed by atoms with Crippen LogP contribution < -0.4 is 10.2 Å². The first-order valence-corrected chi connectivity index (χ1v) is 6.91. The second-order valence-electron chi connectivity index (χ2n) is 4.99. The number of hydrogen-bond acceptors (Lipinski definition) is 14. The molecule has 0 spiro atoms. The van der Waals surface area contributed by atoms with E-state index in [0.717, 1.165) is 0 Å². The summed E-state index contributed by atoms with van der Waals surface area (Å²) in [7, 11) is 0. The minimum Gasteiger partial charge on any atom is -0.547 e. The Morgan fingerprint density at radius 3 is 0.963 bits per heavy atom. The molecule has 0 amide bonds. The molecule has 0 heterocycles. The van der Waals surface area contributed by atoms with E-state index < -0.39 is 74.0 Å². The predicted octanol–water partition coefficient (Wildman–Crippen LogP) is -10.0. The molecule has 156 valence electrons. The Morgan fingerprint density at radius 2 is 0.815 bits per heavy atom. The average Bonchev–Trinajstić information content (AvgIpc) is 2.62. The van der Waals surface area contributed by atoms with Crippen LogP contribution in [0.5, 0.6) is 0 Å². The molecule has 0 aliphatic rings. The van der Waals surface area contributed by atoms with Crippen LogP contribution in [0.1, 0.15) is 0 Å². The number of hydrogen-bond donors (Lipinski definition) is 10. The molecule has 0 rings (SSSR count). The largest absolute Gasteiger partial charge is 2.00 e. The van der Waals surface area contributed by atoms with Gasteiger partial charge < -0.3 is 70.9 Å². The third kappa shape index (κ3) is 11.4. The second kappa shape index (κ2) is 15.7. The van der Waals surface area contributed by atoms with Crippen molar-refractivity contribution in [2.75, 3.05) is 13.2 Å². The van der Waals surface area contributed by atoms with Gasteiger partial charge in [0.2, 0.25) is 0 Å². The Balaban J connectivity index is -0.000000411. The summed E-state index contributed by atoms with van der Waals surface area (Å²) in [4.78, 5) is 20.0. The van der Waals surface area contributed by atoms with Crippen molar-refractivity contribution in [2.24, 2.45) is 0 Å². The van der Waals surface area contributed by atoms with Crippen LogP contribution in [0, 0.1) is 0 Å². The third-order valence-electron chi connectivity index (χ3n) is 2.99. The van der Waals surface area contributed by atoms with Crippen LogP contribution in [-0.4, -0.2) is 163 Å². The molecule has 27 heavy (non-hydrogen) atoms. The minimum absolute atomic E-state index is 0. The van der Waals surface area contributed by atoms with Crippen LogP contribution in [0.25, 0.3) is 0 Å². The van der Waals surface area contributed by atoms with E-state index >= 15 is 0 Å². The van der Waals surface area contributed by atoms with Gasteiger partial charge in [-0.15, -0.1) is 0 Å². The molecule has 10 N–H and O–H groups in total. The van der Waals surface area contributed by atoms with Crippen LogP contribution in [0.15, 0.2) is 0 Å². The van der Waals surface area contributed by atoms with Gasteiger partial charge >= 0.3 is 37.7 Å². The summed E-state index contributed by atoms with van der Waals surface area (Å²) in [5.41, 5.74) is 0. The van der Waals surface area contributed by atoms with Crippen LogP contribution >= 0.6 is 0 Å². The van der Waals surface area contributed by atoms with Crippen LogP contribution in [0.4, 0.5) is 0 Å². The minimum atomic E-state index is -2.31. The maximum Gasteiger partial charge on any atom is 2.00 e. The second-order valence-corrected chi connectivity index (χ2v) is 4.99. The van der Waals surface area contributed by atoms with E-state index in [-0.39, 0.29) is 37.7 Å². The third-order valence-corrected chi connectivity index (χ3v) is 2.99. The van der Waals surface area contributed by atoms with Gasteiger partial charge in [-0.25, -0.2) is 0 Å². The van der Waals surface area contributed by atoms with E-state index in [1.54, 1.807) is 0 Å². The van der Waals surface area contributed by atoms with E-state index in [2.05, 4.69) is 0 Å². The van der Waals surface area contributed by atoms with Gasteiger partial charge in [0.15, 0.2) is 0 Å². The zero-order valence-electron chi connectivity index (χ0n) is 13.8. The van der Waals surface area contributed by atoms with E-state index in [1.807, 2.05) is 0 Å². The smallest absolute Gasteiger partial charge is 0.547 e. The maximum absolute atomic E-state index is 9.98. The van der Waals surface area contributed by atoms with Gasteiger partial charge in [0.25, 0.3) is 0 Å². The maximum atomic E-state index is 9.98. The summed E-state index contributed by atoms with van der Waals surface area (Å²) in [6.07, 6.45) is -16.2. The van der Waals surface area contributed by atoms with E-state index in [9.17, 15) is 19.8 Å². The molecule has 0 fully saturated rings. The molecule has 0 saturated carbocycles. The fraction of sp³-hybridized carbons (Fsp3) is 0.833. The van der Waals surface area contributed by atoms with Crippen LogP contribution in [0.2, 0.25) is 0 Å². The topological polar surface area (TPSA) is 283 Å². The molecular weight excluding hydrogens is 408 g/mol. The van der Waals surface area contributed by atoms with Crippen molar-refractivity contribution in [2.45, 2.75) is 48.8 Å². The van der Waals surface area contributed by atoms with Gasteiger partial charge in [0, 0.05) is 0 Å². The van der Waals surface area contributed by atoms with Crippen molar-refractivity contribution in [3.05, 3.63) is 0 Å². The summed E-state index contributed by atoms with van der Waals surface area (Å²) >= 11 is 0. The molecule has 0 saturated heterocycles. The van der Waals surface area contributed by atoms with Gasteiger partial charge in [-0.05, 0) is 0 Å². The normalized spacial score (nSPS) is 19.6. The first-order chi connectivity index (χ1) is 11.8. The molecule has 0 bridgehead atoms. The molecule has 8 atom stereocenters. The molecular formula is C12H22CaO14. The van der Waals surface area contributed by atoms with Crippen molar-refractivity contribution in [1.29, 1.82) is 0 Å². The molecule has 0 aromatic carbocycles. The molecule has 0 aliphatic heterocycles. The fourth-order valence-electron chi connectivity index (χ4n) is 1.32. The van der Waals surface area contributed by atoms with Crippen molar-refractivity contribution in [3.8, 4) is 0 Å². The number of carbonyl (C=O) groups excluding carboxylic acids is 2. The molecule has 0 aliphatic carbocycles. The first-order valence-electron chi connectivity index (χ1n) is 6.91. The predicted molar refractivity (Wildman–Crippen MR) is 78.0 cm³/mol. The van der Waals surface area contributed by atoms with Crippen molar-refractivity contribution in [1.82, 2.24) is 0 Å². The fourth-order valence-corrected chi connectivity index (χ4v) is 1.32. The summed E-state index contributed by atoms with van der Waals surface area (Å²) in [5.74, 6) is -3.95. The summed E-state index contributed by atoms with van der Waals surface area (Å²) in [6.45, 7) is -1.73. The molecule has 0 unspecified atom stereocenters. The monoisotopic (exact) mass is 430 g/mol. The van der Waals surface area contributed by atoms with Gasteiger partial charge in [0.1, 0.15) is 48.8 Å². The molecule has 14 nitrogen and oxygen atoms in total. The Labute approximate surface area is 182 Å². The molecule has 15 heteroatoms. The standard InChI is InChI=1S/2C6H12O7.Ca/c2*7-1-2(8)3(9)4(10)5(11)6(12)13;/h2*2-5,7-11H,1H2,(H,12,13);/q;;+2/p-2/t2*2-,3+,4+,5-;/m11./s1. The molecule has 0 aromatic heterocycles. The van der Waals surface area contributed by atoms with Gasteiger partial charge in [-0.3, -0.25) is 0 Å². The zero-order chi connectivity index (χ0) is 21.2. The number of aliphatic carboxylic acids is 2. The van der Waals surface area contributed by atoms with E-state index in [1.165, 1.54) is 0 Å². The van der Waals surface area contributed by atoms with Crippen LogP contribution in [0.3, 0.4) is 0 Å². The average molecular weight is 430 g/mol. The number of rotatable bonds is 10. The molecule has 0 aromatic rings. The Hall–Kier alpha value is -0.200. The quantitative estimate of drug-likeness (QED) is 0.144.